The lowest BCUT2D eigenvalue weighted by molar-refractivity contribution is -0.154. The van der Waals surface area contributed by atoms with Gasteiger partial charge in [-0.1, -0.05) is 15.9 Å². The van der Waals surface area contributed by atoms with Crippen molar-refractivity contribution in [2.24, 2.45) is 23.7 Å². The van der Waals surface area contributed by atoms with Crippen LogP contribution in [0.25, 0.3) is 0 Å². The zero-order valence-corrected chi connectivity index (χ0v) is 20.0. The van der Waals surface area contributed by atoms with E-state index in [4.69, 9.17) is 27.9 Å². The van der Waals surface area contributed by atoms with Crippen molar-refractivity contribution in [2.45, 2.75) is 31.0 Å². The number of nitrogens with one attached hydrogen (secondary N) is 1. The monoisotopic (exact) mass is 530 g/mol. The number of benzene rings is 1. The highest BCUT2D eigenvalue weighted by atomic mass is 79.9. The predicted octanol–water partition coefficient (Wildman–Crippen LogP) is 3.01. The van der Waals surface area contributed by atoms with E-state index in [1.54, 1.807) is 12.1 Å². The third-order valence-corrected chi connectivity index (χ3v) is 9.02. The molecule has 0 spiro atoms. The van der Waals surface area contributed by atoms with Crippen molar-refractivity contribution in [1.29, 1.82) is 0 Å². The number of hydrogen-bond acceptors (Lipinski definition) is 5. The maximum atomic E-state index is 12.8. The second-order valence-electron chi connectivity index (χ2n) is 8.40. The lowest BCUT2D eigenvalue weighted by atomic mass is 9.80. The van der Waals surface area contributed by atoms with Gasteiger partial charge in [0.2, 0.25) is 11.8 Å². The summed E-state index contributed by atoms with van der Waals surface area (Å²) < 4.78 is 5.95. The molecule has 0 radical (unpaired) electrons. The second kappa shape index (κ2) is 8.37. The summed E-state index contributed by atoms with van der Waals surface area (Å²) in [6.07, 6.45) is 0.655. The molecule has 1 aromatic carbocycles. The number of carbonyl (C=O) groups excluding carboxylic acids is 4. The smallest absolute Gasteiger partial charge is 0.326 e. The van der Waals surface area contributed by atoms with Crippen LogP contribution in [0.5, 0.6) is 0 Å². The molecule has 3 aliphatic rings. The fourth-order valence-electron chi connectivity index (χ4n) is 5.10. The predicted molar refractivity (Wildman–Crippen MR) is 118 cm³/mol. The van der Waals surface area contributed by atoms with Gasteiger partial charge in [0.25, 0.3) is 5.91 Å². The maximum Gasteiger partial charge on any atom is 0.326 e. The standard InChI is InChI=1S/C21H21BrCl2N2O5/c1-8-3-10(4-9(2)17(8)22)25-13(27)7-31-14(28)6-26-20(29)15-11-5-12(16(15)21(26)30)19(24)18(11)23/h3-4,11-12,15-16,18-19H,5-7H2,1-2H3,(H,25,27)/t11-,12-,15-,16-,18-,19+/m1/s1. The van der Waals surface area contributed by atoms with Gasteiger partial charge in [0.1, 0.15) is 6.54 Å². The summed E-state index contributed by atoms with van der Waals surface area (Å²) in [6, 6.07) is 3.58. The van der Waals surface area contributed by atoms with Crippen molar-refractivity contribution in [3.05, 3.63) is 27.7 Å². The molecule has 3 fully saturated rings. The van der Waals surface area contributed by atoms with Gasteiger partial charge in [-0.05, 0) is 55.4 Å². The molecular weight excluding hydrogens is 511 g/mol. The number of alkyl halides is 2. The number of ether oxygens (including phenoxy) is 1. The van der Waals surface area contributed by atoms with Crippen LogP contribution in [0.3, 0.4) is 0 Å². The summed E-state index contributed by atoms with van der Waals surface area (Å²) in [7, 11) is 0. The van der Waals surface area contributed by atoms with Crippen LogP contribution in [0.4, 0.5) is 5.69 Å². The van der Waals surface area contributed by atoms with Gasteiger partial charge in [-0.3, -0.25) is 24.1 Å². The second-order valence-corrected chi connectivity index (χ2v) is 10.2. The molecule has 1 N–H and O–H groups in total. The van der Waals surface area contributed by atoms with Crippen LogP contribution in [0.1, 0.15) is 17.5 Å². The molecule has 31 heavy (non-hydrogen) atoms. The quantitative estimate of drug-likeness (QED) is 0.358. The summed E-state index contributed by atoms with van der Waals surface area (Å²) in [5, 5.41) is 1.95. The Labute approximate surface area is 197 Å². The highest BCUT2D eigenvalue weighted by Gasteiger charge is 2.66. The van der Waals surface area contributed by atoms with E-state index in [-0.39, 0.29) is 22.6 Å². The lowest BCUT2D eigenvalue weighted by Crippen LogP contribution is -2.38. The first-order valence-corrected chi connectivity index (χ1v) is 11.6. The molecule has 3 amide bonds. The first kappa shape index (κ1) is 22.6. The molecule has 166 valence electrons. The summed E-state index contributed by atoms with van der Waals surface area (Å²) >= 11 is 16.1. The van der Waals surface area contributed by atoms with Crippen LogP contribution in [0.15, 0.2) is 16.6 Å². The molecule has 7 nitrogen and oxygen atoms in total. The Hall–Kier alpha value is -1.64. The average molecular weight is 532 g/mol. The summed E-state index contributed by atoms with van der Waals surface area (Å²) in [4.78, 5) is 50.8. The van der Waals surface area contributed by atoms with Crippen LogP contribution in [0, 0.1) is 37.5 Å². The lowest BCUT2D eigenvalue weighted by Gasteiger charge is -2.28. The minimum absolute atomic E-state index is 0.153. The first-order chi connectivity index (χ1) is 14.6. The molecule has 1 heterocycles. The Morgan fingerprint density at radius 1 is 1.10 bits per heavy atom. The molecular formula is C21H21BrCl2N2O5. The number of nitrogens with zero attached hydrogens (tertiary/aromatic N) is 1. The number of rotatable bonds is 5. The van der Waals surface area contributed by atoms with Crippen molar-refractivity contribution < 1.29 is 23.9 Å². The zero-order valence-electron chi connectivity index (χ0n) is 16.9. The maximum absolute atomic E-state index is 12.8. The SMILES string of the molecule is Cc1cc(NC(=O)COC(=O)CN2C(=O)[C@@H]3[C@H]4C[C@@H]([C@@H](Cl)[C@H]4Cl)[C@H]3C2=O)cc(C)c1Br. The average Bonchev–Trinajstić information content (AvgIpc) is 3.31. The van der Waals surface area contributed by atoms with Crippen LogP contribution in [-0.4, -0.2) is 52.5 Å². The van der Waals surface area contributed by atoms with Crippen LogP contribution >= 0.6 is 39.1 Å². The van der Waals surface area contributed by atoms with Gasteiger partial charge >= 0.3 is 5.97 Å². The number of carbonyl (C=O) groups is 4. The van der Waals surface area contributed by atoms with Gasteiger partial charge in [0.15, 0.2) is 6.61 Å². The third kappa shape index (κ3) is 3.87. The number of amides is 3. The fraction of sp³-hybridized carbons (Fsp3) is 0.524. The molecule has 10 heteroatoms. The molecule has 2 saturated carbocycles. The Balaban J connectivity index is 1.32. The molecule has 2 bridgehead atoms. The largest absolute Gasteiger partial charge is 0.454 e. The Bertz CT molecular complexity index is 932. The minimum Gasteiger partial charge on any atom is -0.454 e. The van der Waals surface area contributed by atoms with E-state index in [1.807, 2.05) is 13.8 Å². The number of esters is 1. The number of likely N-dealkylation sites (tertiary alicyclic amines) is 1. The van der Waals surface area contributed by atoms with Gasteiger partial charge in [-0.2, -0.15) is 0 Å². The topological polar surface area (TPSA) is 92.8 Å². The first-order valence-electron chi connectivity index (χ1n) is 9.95. The summed E-state index contributed by atoms with van der Waals surface area (Å²) in [5.74, 6) is -3.49. The molecule has 0 unspecified atom stereocenters. The van der Waals surface area contributed by atoms with Crippen molar-refractivity contribution >= 4 is 68.5 Å². The highest BCUT2D eigenvalue weighted by molar-refractivity contribution is 9.10. The van der Waals surface area contributed by atoms with Crippen molar-refractivity contribution in [3.63, 3.8) is 0 Å². The normalized spacial score (nSPS) is 31.2. The Morgan fingerprint density at radius 3 is 2.13 bits per heavy atom. The van der Waals surface area contributed by atoms with Gasteiger partial charge in [0, 0.05) is 10.2 Å². The zero-order chi connectivity index (χ0) is 22.6. The fourth-order valence-corrected chi connectivity index (χ4v) is 6.22. The van der Waals surface area contributed by atoms with Crippen LogP contribution < -0.4 is 5.32 Å². The molecule has 4 rings (SSSR count). The van der Waals surface area contributed by atoms with E-state index < -0.39 is 48.7 Å². The highest BCUT2D eigenvalue weighted by Crippen LogP contribution is 2.59. The van der Waals surface area contributed by atoms with Gasteiger partial charge in [0.05, 0.1) is 22.6 Å². The molecule has 1 aliphatic heterocycles. The van der Waals surface area contributed by atoms with Crippen molar-refractivity contribution in [2.75, 3.05) is 18.5 Å². The summed E-state index contributed by atoms with van der Waals surface area (Å²) in [5.41, 5.74) is 2.49. The number of hydrogen-bond donors (Lipinski definition) is 1. The van der Waals surface area contributed by atoms with Crippen molar-refractivity contribution in [1.82, 2.24) is 4.90 Å². The molecule has 6 atom stereocenters. The third-order valence-electron chi connectivity index (χ3n) is 6.45. The van der Waals surface area contributed by atoms with Crippen LogP contribution in [-0.2, 0) is 23.9 Å². The summed E-state index contributed by atoms with van der Waals surface area (Å²) in [6.45, 7) is 2.76. The molecule has 1 aromatic rings. The van der Waals surface area contributed by atoms with Gasteiger partial charge in [-0.25, -0.2) is 0 Å². The number of aryl methyl sites for hydroxylation is 2. The Kier molecular flexibility index (Phi) is 6.09. The van der Waals surface area contributed by atoms with E-state index in [2.05, 4.69) is 21.2 Å². The number of fused-ring (bicyclic) bond motifs is 5. The van der Waals surface area contributed by atoms with E-state index in [1.165, 1.54) is 0 Å². The molecule has 0 aromatic heterocycles. The van der Waals surface area contributed by atoms with E-state index in [0.717, 1.165) is 20.5 Å². The molecule has 1 saturated heterocycles. The van der Waals surface area contributed by atoms with E-state index in [9.17, 15) is 19.2 Å². The number of anilines is 1. The van der Waals surface area contributed by atoms with Crippen molar-refractivity contribution in [3.8, 4) is 0 Å². The molecule has 2 aliphatic carbocycles. The van der Waals surface area contributed by atoms with Gasteiger partial charge < -0.3 is 10.1 Å². The Morgan fingerprint density at radius 2 is 1.61 bits per heavy atom. The number of halogens is 3. The van der Waals surface area contributed by atoms with E-state index in [0.29, 0.717) is 12.1 Å². The van der Waals surface area contributed by atoms with E-state index >= 15 is 0 Å². The van der Waals surface area contributed by atoms with Crippen LogP contribution in [0.2, 0.25) is 0 Å². The minimum atomic E-state index is -0.822. The van der Waals surface area contributed by atoms with Gasteiger partial charge in [-0.15, -0.1) is 23.2 Å². The number of imide groups is 1.